The molecule has 26 heavy (non-hydrogen) atoms. The Labute approximate surface area is 152 Å². The molecule has 0 aliphatic rings. The third kappa shape index (κ3) is 2.93. The fraction of sp³-hybridized carbons (Fsp3) is 0.0556. The summed E-state index contributed by atoms with van der Waals surface area (Å²) in [7, 11) is 0. The van der Waals surface area contributed by atoms with Gasteiger partial charge in [-0.25, -0.2) is 9.37 Å². The van der Waals surface area contributed by atoms with Crippen LogP contribution in [0.4, 0.5) is 4.39 Å². The zero-order chi connectivity index (χ0) is 18.1. The molecule has 1 amide bonds. The molecule has 0 saturated carbocycles. The predicted octanol–water partition coefficient (Wildman–Crippen LogP) is 3.68. The molecule has 3 N–H and O–H groups in total. The van der Waals surface area contributed by atoms with Gasteiger partial charge >= 0.3 is 0 Å². The summed E-state index contributed by atoms with van der Waals surface area (Å²) < 4.78 is 13.8. The van der Waals surface area contributed by atoms with Crippen molar-refractivity contribution in [2.24, 2.45) is 0 Å². The Morgan fingerprint density at radius 2 is 2.15 bits per heavy atom. The molecule has 0 aliphatic carbocycles. The van der Waals surface area contributed by atoms with Crippen molar-refractivity contribution in [2.75, 3.05) is 0 Å². The van der Waals surface area contributed by atoms with Crippen LogP contribution in [0.2, 0.25) is 5.02 Å². The van der Waals surface area contributed by atoms with Gasteiger partial charge in [0.1, 0.15) is 11.5 Å². The van der Waals surface area contributed by atoms with Gasteiger partial charge in [0.25, 0.3) is 5.91 Å². The number of aromatic amines is 2. The highest BCUT2D eigenvalue weighted by Gasteiger charge is 2.15. The summed E-state index contributed by atoms with van der Waals surface area (Å²) >= 11 is 5.97. The van der Waals surface area contributed by atoms with Gasteiger partial charge in [-0.15, -0.1) is 0 Å². The first kappa shape index (κ1) is 16.3. The summed E-state index contributed by atoms with van der Waals surface area (Å²) in [5.74, 6) is -0.798. The monoisotopic (exact) mass is 369 g/mol. The van der Waals surface area contributed by atoms with Crippen molar-refractivity contribution in [2.45, 2.75) is 6.54 Å². The lowest BCUT2D eigenvalue weighted by atomic mass is 10.2. The van der Waals surface area contributed by atoms with Crippen molar-refractivity contribution in [1.82, 2.24) is 25.5 Å². The lowest BCUT2D eigenvalue weighted by molar-refractivity contribution is 0.0951. The summed E-state index contributed by atoms with van der Waals surface area (Å²) in [6.45, 7) is 0.000108. The number of carbonyl (C=O) groups excluding carboxylic acids is 1. The van der Waals surface area contributed by atoms with Crippen LogP contribution in [0.15, 0.2) is 48.8 Å². The Hall–Kier alpha value is -3.19. The van der Waals surface area contributed by atoms with E-state index < -0.39 is 5.82 Å². The number of hydrogen-bond donors (Lipinski definition) is 3. The molecule has 4 rings (SSSR count). The average Bonchev–Trinajstić information content (AvgIpc) is 3.28. The normalized spacial score (nSPS) is 11.0. The topological polar surface area (TPSA) is 86.5 Å². The van der Waals surface area contributed by atoms with E-state index in [0.717, 1.165) is 5.39 Å². The van der Waals surface area contributed by atoms with Gasteiger partial charge in [0.2, 0.25) is 0 Å². The van der Waals surface area contributed by atoms with E-state index in [0.29, 0.717) is 22.6 Å². The minimum atomic E-state index is -0.456. The molecule has 3 aromatic heterocycles. The number of benzene rings is 1. The number of H-pyrrole nitrogens is 2. The number of carbonyl (C=O) groups is 1. The summed E-state index contributed by atoms with van der Waals surface area (Å²) in [6.07, 6.45) is 3.25. The minimum Gasteiger partial charge on any atom is -0.359 e. The van der Waals surface area contributed by atoms with E-state index in [4.69, 9.17) is 11.6 Å². The molecule has 8 heteroatoms. The fourth-order valence-electron chi connectivity index (χ4n) is 2.69. The van der Waals surface area contributed by atoms with Crippen LogP contribution >= 0.6 is 11.6 Å². The number of amides is 1. The van der Waals surface area contributed by atoms with Crippen LogP contribution in [0, 0.1) is 5.82 Å². The molecular formula is C18H13ClFN5O. The van der Waals surface area contributed by atoms with E-state index in [9.17, 15) is 9.18 Å². The Balaban J connectivity index is 1.53. The zero-order valence-electron chi connectivity index (χ0n) is 13.4. The van der Waals surface area contributed by atoms with Gasteiger partial charge in [0.05, 0.1) is 11.3 Å². The van der Waals surface area contributed by atoms with Gasteiger partial charge in [-0.2, -0.15) is 5.10 Å². The summed E-state index contributed by atoms with van der Waals surface area (Å²) in [5, 5.41) is 10.9. The van der Waals surface area contributed by atoms with Crippen molar-refractivity contribution >= 4 is 28.5 Å². The largest absolute Gasteiger partial charge is 0.359 e. The van der Waals surface area contributed by atoms with E-state index in [-0.39, 0.29) is 23.0 Å². The average molecular weight is 370 g/mol. The molecule has 4 aromatic rings. The molecule has 6 nitrogen and oxygen atoms in total. The first-order valence-electron chi connectivity index (χ1n) is 7.82. The number of nitrogens with zero attached hydrogens (tertiary/aromatic N) is 2. The molecule has 0 aliphatic heterocycles. The lowest BCUT2D eigenvalue weighted by Crippen LogP contribution is -2.23. The number of aromatic nitrogens is 4. The Kier molecular flexibility index (Phi) is 4.14. The fourth-order valence-corrected chi connectivity index (χ4v) is 2.92. The van der Waals surface area contributed by atoms with Gasteiger partial charge in [-0.1, -0.05) is 17.7 Å². The molecule has 0 unspecified atom stereocenters. The number of pyridine rings is 1. The van der Waals surface area contributed by atoms with Gasteiger partial charge in [0.15, 0.2) is 5.65 Å². The maximum absolute atomic E-state index is 13.8. The SMILES string of the molecule is O=C(NCc1c(F)cccc1Cl)c1c[nH]c(-c2n[nH]c3ncccc23)c1. The molecular weight excluding hydrogens is 357 g/mol. The standard InChI is InChI=1S/C18H13ClFN5O/c19-13-4-1-5-14(20)12(13)9-23-18(26)10-7-15(22-8-10)16-11-3-2-6-21-17(11)25-24-16/h1-8,22H,9H2,(H,23,26)(H,21,24,25). The molecule has 0 atom stereocenters. The minimum absolute atomic E-state index is 0.000108. The smallest absolute Gasteiger partial charge is 0.253 e. The highest BCUT2D eigenvalue weighted by molar-refractivity contribution is 6.31. The van der Waals surface area contributed by atoms with Gasteiger partial charge < -0.3 is 10.3 Å². The van der Waals surface area contributed by atoms with Crippen LogP contribution in [0.5, 0.6) is 0 Å². The summed E-state index contributed by atoms with van der Waals surface area (Å²) in [4.78, 5) is 19.6. The maximum Gasteiger partial charge on any atom is 0.253 e. The third-order valence-corrected chi connectivity index (χ3v) is 4.38. The Bertz CT molecular complexity index is 1080. The van der Waals surface area contributed by atoms with E-state index in [1.54, 1.807) is 24.5 Å². The Morgan fingerprint density at radius 1 is 1.27 bits per heavy atom. The van der Waals surface area contributed by atoms with Crippen LogP contribution in [-0.4, -0.2) is 26.1 Å². The van der Waals surface area contributed by atoms with Crippen LogP contribution in [0.25, 0.3) is 22.4 Å². The molecule has 0 spiro atoms. The third-order valence-electron chi connectivity index (χ3n) is 4.02. The number of rotatable bonds is 4. The van der Waals surface area contributed by atoms with Crippen molar-refractivity contribution < 1.29 is 9.18 Å². The molecule has 3 heterocycles. The van der Waals surface area contributed by atoms with Gasteiger partial charge in [-0.05, 0) is 30.3 Å². The number of hydrogen-bond acceptors (Lipinski definition) is 3. The first-order chi connectivity index (χ1) is 12.6. The van der Waals surface area contributed by atoms with Crippen LogP contribution in [0.1, 0.15) is 15.9 Å². The van der Waals surface area contributed by atoms with Crippen LogP contribution in [-0.2, 0) is 6.54 Å². The van der Waals surface area contributed by atoms with E-state index >= 15 is 0 Å². The second-order valence-electron chi connectivity index (χ2n) is 5.66. The molecule has 0 bridgehead atoms. The predicted molar refractivity (Wildman–Crippen MR) is 96.3 cm³/mol. The highest BCUT2D eigenvalue weighted by atomic mass is 35.5. The number of fused-ring (bicyclic) bond motifs is 1. The van der Waals surface area contributed by atoms with Gasteiger partial charge in [-0.3, -0.25) is 9.89 Å². The molecule has 1 aromatic carbocycles. The maximum atomic E-state index is 13.8. The van der Waals surface area contributed by atoms with Crippen molar-refractivity contribution in [3.63, 3.8) is 0 Å². The van der Waals surface area contributed by atoms with E-state index in [1.165, 1.54) is 12.1 Å². The zero-order valence-corrected chi connectivity index (χ0v) is 14.1. The van der Waals surface area contributed by atoms with Crippen molar-refractivity contribution in [3.05, 3.63) is 70.8 Å². The second-order valence-corrected chi connectivity index (χ2v) is 6.06. The Morgan fingerprint density at radius 3 is 3.00 bits per heavy atom. The van der Waals surface area contributed by atoms with E-state index in [2.05, 4.69) is 25.5 Å². The van der Waals surface area contributed by atoms with Crippen molar-refractivity contribution in [1.29, 1.82) is 0 Å². The van der Waals surface area contributed by atoms with E-state index in [1.807, 2.05) is 12.1 Å². The van der Waals surface area contributed by atoms with Crippen LogP contribution in [0.3, 0.4) is 0 Å². The second kappa shape index (κ2) is 6.61. The summed E-state index contributed by atoms with van der Waals surface area (Å²) in [6, 6.07) is 9.79. The first-order valence-corrected chi connectivity index (χ1v) is 8.20. The molecule has 130 valence electrons. The van der Waals surface area contributed by atoms with Crippen LogP contribution < -0.4 is 5.32 Å². The van der Waals surface area contributed by atoms with Gasteiger partial charge in [0, 0.05) is 34.9 Å². The molecule has 0 radical (unpaired) electrons. The van der Waals surface area contributed by atoms with Crippen molar-refractivity contribution in [3.8, 4) is 11.4 Å². The highest BCUT2D eigenvalue weighted by Crippen LogP contribution is 2.24. The number of halogens is 2. The quantitative estimate of drug-likeness (QED) is 0.513. The molecule has 0 saturated heterocycles. The number of nitrogens with one attached hydrogen (secondary N) is 3. The molecule has 0 fully saturated rings. The lowest BCUT2D eigenvalue weighted by Gasteiger charge is -2.07. The summed E-state index contributed by atoms with van der Waals surface area (Å²) in [5.41, 5.74) is 2.68.